The van der Waals surface area contributed by atoms with Gasteiger partial charge in [-0.05, 0) is 67.3 Å². The Morgan fingerprint density at radius 1 is 0.909 bits per heavy atom. The quantitative estimate of drug-likeness (QED) is 0.322. The number of carbonyl (C=O) groups is 1. The van der Waals surface area contributed by atoms with E-state index < -0.39 is 23.4 Å². The molecule has 0 radical (unpaired) electrons. The smallest absolute Gasteiger partial charge is 0.128 e. The predicted molar refractivity (Wildman–Crippen MR) is 123 cm³/mol. The van der Waals surface area contributed by atoms with E-state index in [2.05, 4.69) is 5.32 Å². The zero-order valence-electron chi connectivity index (χ0n) is 18.6. The second kappa shape index (κ2) is 12.7. The summed E-state index contributed by atoms with van der Waals surface area (Å²) in [5, 5.41) is 2.98. The second-order valence-electron chi connectivity index (χ2n) is 7.74. The minimum atomic E-state index is -0.701. The molecule has 0 aliphatic carbocycles. The van der Waals surface area contributed by atoms with Gasteiger partial charge in [0.15, 0.2) is 0 Å². The summed E-state index contributed by atoms with van der Waals surface area (Å²) in [7, 11) is 1.80. The molecule has 0 heterocycles. The van der Waals surface area contributed by atoms with Gasteiger partial charge in [-0.2, -0.15) is 0 Å². The van der Waals surface area contributed by atoms with Gasteiger partial charge in [0.25, 0.3) is 0 Å². The van der Waals surface area contributed by atoms with Gasteiger partial charge in [-0.1, -0.05) is 18.2 Å². The SMILES string of the molecule is CNc1cccc(F)c1CCC(C)N.O=CCC(c1ccc(F)cc1)c1cc(F)cc(F)c1. The number of nitrogens with two attached hydrogens (primary N) is 1. The van der Waals surface area contributed by atoms with Crippen molar-refractivity contribution in [3.05, 3.63) is 101 Å². The Bertz CT molecular complexity index is 1020. The third-order valence-electron chi connectivity index (χ3n) is 5.13. The van der Waals surface area contributed by atoms with Crippen LogP contribution in [-0.4, -0.2) is 19.4 Å². The van der Waals surface area contributed by atoms with Gasteiger partial charge in [-0.15, -0.1) is 0 Å². The van der Waals surface area contributed by atoms with E-state index in [0.717, 1.165) is 23.7 Å². The van der Waals surface area contributed by atoms with Crippen molar-refractivity contribution in [1.29, 1.82) is 0 Å². The lowest BCUT2D eigenvalue weighted by atomic mass is 9.89. The molecular weight excluding hydrogens is 432 g/mol. The molecule has 0 aliphatic heterocycles. The maximum atomic E-state index is 13.4. The average Bonchev–Trinajstić information content (AvgIpc) is 2.77. The molecule has 3 aromatic carbocycles. The highest BCUT2D eigenvalue weighted by molar-refractivity contribution is 5.54. The topological polar surface area (TPSA) is 55.1 Å². The number of anilines is 1. The Morgan fingerprint density at radius 2 is 1.55 bits per heavy atom. The molecule has 0 aromatic heterocycles. The standard InChI is InChI=1S/C15H11F3O.C11H17FN2/c16-12-3-1-10(2-4-12)15(5-6-19)11-7-13(17)9-14(18)8-11;1-8(13)6-7-9-10(12)4-3-5-11(9)14-2/h1-4,6-9,15H,5H2;3-5,8,14H,6-7,13H2,1-2H3. The van der Waals surface area contributed by atoms with Crippen LogP contribution in [0.4, 0.5) is 23.2 Å². The fourth-order valence-corrected chi connectivity index (χ4v) is 3.45. The molecule has 0 saturated carbocycles. The first-order valence-electron chi connectivity index (χ1n) is 10.6. The van der Waals surface area contributed by atoms with Crippen molar-refractivity contribution in [2.75, 3.05) is 12.4 Å². The second-order valence-corrected chi connectivity index (χ2v) is 7.74. The molecule has 2 unspecified atom stereocenters. The first-order valence-corrected chi connectivity index (χ1v) is 10.6. The number of rotatable bonds is 8. The van der Waals surface area contributed by atoms with Crippen molar-refractivity contribution in [3.63, 3.8) is 0 Å². The monoisotopic (exact) mass is 460 g/mol. The van der Waals surface area contributed by atoms with E-state index in [4.69, 9.17) is 5.73 Å². The number of benzene rings is 3. The van der Waals surface area contributed by atoms with Gasteiger partial charge in [0.05, 0.1) is 0 Å². The molecule has 176 valence electrons. The van der Waals surface area contributed by atoms with Gasteiger partial charge in [0.2, 0.25) is 0 Å². The Balaban J connectivity index is 0.000000245. The number of carbonyl (C=O) groups excluding carboxylic acids is 1. The van der Waals surface area contributed by atoms with Gasteiger partial charge in [0, 0.05) is 42.7 Å². The van der Waals surface area contributed by atoms with Crippen LogP contribution in [0.2, 0.25) is 0 Å². The van der Waals surface area contributed by atoms with Crippen LogP contribution in [0.5, 0.6) is 0 Å². The lowest BCUT2D eigenvalue weighted by Gasteiger charge is -2.15. The fourth-order valence-electron chi connectivity index (χ4n) is 3.45. The molecule has 0 saturated heterocycles. The number of nitrogens with one attached hydrogen (secondary N) is 1. The van der Waals surface area contributed by atoms with Crippen molar-refractivity contribution in [2.45, 2.75) is 38.1 Å². The number of halogens is 4. The minimum absolute atomic E-state index is 0.0779. The van der Waals surface area contributed by atoms with Gasteiger partial charge < -0.3 is 15.8 Å². The number of hydrogen-bond acceptors (Lipinski definition) is 3. The van der Waals surface area contributed by atoms with Crippen molar-refractivity contribution in [2.24, 2.45) is 5.73 Å². The van der Waals surface area contributed by atoms with Crippen LogP contribution >= 0.6 is 0 Å². The molecular formula is C26H28F4N2O. The molecule has 0 amide bonds. The lowest BCUT2D eigenvalue weighted by Crippen LogP contribution is -2.16. The highest BCUT2D eigenvalue weighted by Gasteiger charge is 2.16. The minimum Gasteiger partial charge on any atom is -0.388 e. The highest BCUT2D eigenvalue weighted by atomic mass is 19.1. The molecule has 0 fully saturated rings. The summed E-state index contributed by atoms with van der Waals surface area (Å²) in [5.74, 6) is -2.44. The van der Waals surface area contributed by atoms with E-state index in [1.165, 1.54) is 42.5 Å². The molecule has 7 heteroatoms. The van der Waals surface area contributed by atoms with E-state index in [-0.39, 0.29) is 18.3 Å². The summed E-state index contributed by atoms with van der Waals surface area (Å²) >= 11 is 0. The summed E-state index contributed by atoms with van der Waals surface area (Å²) in [6, 6.07) is 13.8. The Kier molecular flexibility index (Phi) is 10.1. The predicted octanol–water partition coefficient (Wildman–Crippen LogP) is 5.97. The molecule has 33 heavy (non-hydrogen) atoms. The summed E-state index contributed by atoms with van der Waals surface area (Å²) in [6.07, 6.45) is 2.24. The maximum absolute atomic E-state index is 13.4. The zero-order valence-corrected chi connectivity index (χ0v) is 18.6. The number of hydrogen-bond donors (Lipinski definition) is 2. The van der Waals surface area contributed by atoms with Crippen molar-refractivity contribution >= 4 is 12.0 Å². The van der Waals surface area contributed by atoms with E-state index in [1.807, 2.05) is 13.0 Å². The normalized spacial score (nSPS) is 12.3. The molecule has 0 bridgehead atoms. The third-order valence-corrected chi connectivity index (χ3v) is 5.13. The molecule has 2 atom stereocenters. The summed E-state index contributed by atoms with van der Waals surface area (Å²) < 4.78 is 52.7. The fraction of sp³-hybridized carbons (Fsp3) is 0.269. The van der Waals surface area contributed by atoms with E-state index in [0.29, 0.717) is 23.8 Å². The number of aldehydes is 1. The van der Waals surface area contributed by atoms with Gasteiger partial charge in [-0.3, -0.25) is 0 Å². The van der Waals surface area contributed by atoms with Crippen LogP contribution in [-0.2, 0) is 11.2 Å². The van der Waals surface area contributed by atoms with Crippen molar-refractivity contribution in [3.8, 4) is 0 Å². The Labute approximate surface area is 191 Å². The highest BCUT2D eigenvalue weighted by Crippen LogP contribution is 2.28. The summed E-state index contributed by atoms with van der Waals surface area (Å²) in [5.41, 5.74) is 8.22. The third kappa shape index (κ3) is 8.02. The molecule has 3 aromatic rings. The van der Waals surface area contributed by atoms with Crippen LogP contribution in [0.15, 0.2) is 60.7 Å². The average molecular weight is 461 g/mol. The molecule has 3 nitrogen and oxygen atoms in total. The van der Waals surface area contributed by atoms with Crippen molar-refractivity contribution in [1.82, 2.24) is 0 Å². The Hall–Kier alpha value is -3.19. The van der Waals surface area contributed by atoms with Crippen LogP contribution in [0.3, 0.4) is 0 Å². The molecule has 3 rings (SSSR count). The zero-order chi connectivity index (χ0) is 24.4. The molecule has 0 aliphatic rings. The van der Waals surface area contributed by atoms with Gasteiger partial charge in [-0.25, -0.2) is 17.6 Å². The van der Waals surface area contributed by atoms with E-state index in [9.17, 15) is 22.4 Å². The van der Waals surface area contributed by atoms with Crippen LogP contribution in [0, 0.1) is 23.3 Å². The lowest BCUT2D eigenvalue weighted by molar-refractivity contribution is -0.108. The summed E-state index contributed by atoms with van der Waals surface area (Å²) in [4.78, 5) is 10.7. The first-order chi connectivity index (χ1) is 15.7. The van der Waals surface area contributed by atoms with Crippen LogP contribution < -0.4 is 11.1 Å². The largest absolute Gasteiger partial charge is 0.388 e. The Morgan fingerprint density at radius 3 is 2.09 bits per heavy atom. The van der Waals surface area contributed by atoms with E-state index in [1.54, 1.807) is 13.1 Å². The van der Waals surface area contributed by atoms with Crippen LogP contribution in [0.25, 0.3) is 0 Å². The van der Waals surface area contributed by atoms with E-state index >= 15 is 0 Å². The van der Waals surface area contributed by atoms with Crippen molar-refractivity contribution < 1.29 is 22.4 Å². The van der Waals surface area contributed by atoms with Gasteiger partial charge >= 0.3 is 0 Å². The van der Waals surface area contributed by atoms with Crippen LogP contribution in [0.1, 0.15) is 42.4 Å². The molecule has 3 N–H and O–H groups in total. The molecule has 0 spiro atoms. The van der Waals surface area contributed by atoms with Gasteiger partial charge in [0.1, 0.15) is 29.6 Å². The maximum Gasteiger partial charge on any atom is 0.128 e. The summed E-state index contributed by atoms with van der Waals surface area (Å²) in [6.45, 7) is 1.93. The first kappa shape index (κ1) is 26.1.